The summed E-state index contributed by atoms with van der Waals surface area (Å²) in [5, 5.41) is 26.5. The van der Waals surface area contributed by atoms with Gasteiger partial charge in [0.15, 0.2) is 5.82 Å². The van der Waals surface area contributed by atoms with Crippen molar-refractivity contribution >= 4 is 33.4 Å². The van der Waals surface area contributed by atoms with Crippen molar-refractivity contribution in [3.63, 3.8) is 0 Å². The number of rotatable bonds is 3. The summed E-state index contributed by atoms with van der Waals surface area (Å²) >= 11 is 0. The zero-order valence-corrected chi connectivity index (χ0v) is 19.9. The highest BCUT2D eigenvalue weighted by atomic mass is 19.1. The summed E-state index contributed by atoms with van der Waals surface area (Å²) in [4.78, 5) is 13.9. The van der Waals surface area contributed by atoms with Crippen molar-refractivity contribution in [1.29, 1.82) is 0 Å². The van der Waals surface area contributed by atoms with E-state index in [0.29, 0.717) is 54.1 Å². The number of piperazine rings is 1. The minimum absolute atomic E-state index is 0.0922. The second-order valence-electron chi connectivity index (χ2n) is 10.3. The highest BCUT2D eigenvalue weighted by Gasteiger charge is 2.34. The predicted octanol–water partition coefficient (Wildman–Crippen LogP) is 3.81. The summed E-state index contributed by atoms with van der Waals surface area (Å²) in [7, 11) is 0. The maximum atomic E-state index is 16.4. The van der Waals surface area contributed by atoms with Gasteiger partial charge in [0.1, 0.15) is 17.1 Å². The largest absolute Gasteiger partial charge is 0.508 e. The third-order valence-corrected chi connectivity index (χ3v) is 7.87. The van der Waals surface area contributed by atoms with Gasteiger partial charge in [-0.05, 0) is 53.8 Å². The van der Waals surface area contributed by atoms with Crippen LogP contribution in [-0.2, 0) is 0 Å². The van der Waals surface area contributed by atoms with Crippen molar-refractivity contribution in [2.45, 2.75) is 37.5 Å². The van der Waals surface area contributed by atoms with E-state index < -0.39 is 11.9 Å². The maximum Gasteiger partial charge on any atom is 0.228 e. The van der Waals surface area contributed by atoms with Crippen LogP contribution in [0.1, 0.15) is 19.3 Å². The molecule has 4 heterocycles. The van der Waals surface area contributed by atoms with Gasteiger partial charge in [0, 0.05) is 49.2 Å². The molecule has 3 aromatic carbocycles. The van der Waals surface area contributed by atoms with Gasteiger partial charge in [0.25, 0.3) is 0 Å². The number of β-amino-alcohol motifs (C(OH)–C–C–N with tert-alkyl or cyclic N) is 1. The number of hydrogen-bond donors (Lipinski definition) is 3. The molecule has 0 radical (unpaired) electrons. The predicted molar refractivity (Wildman–Crippen MR) is 139 cm³/mol. The van der Waals surface area contributed by atoms with Crippen LogP contribution < -0.4 is 15.1 Å². The first-order valence-electron chi connectivity index (χ1n) is 12.7. The normalized spacial score (nSPS) is 23.8. The van der Waals surface area contributed by atoms with Gasteiger partial charge in [-0.25, -0.2) is 9.37 Å². The molecule has 3 aliphatic heterocycles. The Labute approximate surface area is 208 Å². The fraction of sp³-hybridized carbons (Fsp3) is 0.357. The Balaban J connectivity index is 1.43. The first-order chi connectivity index (χ1) is 17.5. The number of aliphatic hydroxyl groups is 1. The summed E-state index contributed by atoms with van der Waals surface area (Å²) in [5.74, 6) is 0.873. The minimum atomic E-state index is -0.433. The van der Waals surface area contributed by atoms with Gasteiger partial charge in [0.05, 0.1) is 6.10 Å². The van der Waals surface area contributed by atoms with Gasteiger partial charge in [0.2, 0.25) is 5.95 Å². The van der Waals surface area contributed by atoms with Gasteiger partial charge >= 0.3 is 0 Å². The number of aromatic nitrogens is 2. The van der Waals surface area contributed by atoms with Crippen molar-refractivity contribution < 1.29 is 14.6 Å². The van der Waals surface area contributed by atoms with E-state index in [2.05, 4.69) is 10.2 Å². The summed E-state index contributed by atoms with van der Waals surface area (Å²) in [6.07, 6.45) is 2.49. The number of fused-ring (bicyclic) bond motifs is 4. The molecule has 3 atom stereocenters. The standard InChI is InChI=1S/C28H28FN5O2/c29-25-22(24-12-20(36)11-16-3-1-2-4-21(16)24)7-8-23-26(25)31-28(33-10-9-19(35)15-33)32-27(23)34-13-17-5-6-18(14-34)30-17/h1-4,7-8,11-12,17-19,30,35-36H,5-6,9-10,13-15H2. The molecule has 7 rings (SSSR count). The summed E-state index contributed by atoms with van der Waals surface area (Å²) < 4.78 is 16.4. The maximum absolute atomic E-state index is 16.4. The van der Waals surface area contributed by atoms with Crippen molar-refractivity contribution in [3.05, 3.63) is 54.3 Å². The number of aromatic hydroxyl groups is 1. The summed E-state index contributed by atoms with van der Waals surface area (Å²) in [6.45, 7) is 2.73. The van der Waals surface area contributed by atoms with E-state index in [4.69, 9.17) is 9.97 Å². The van der Waals surface area contributed by atoms with Crippen molar-refractivity contribution in [1.82, 2.24) is 15.3 Å². The van der Waals surface area contributed by atoms with Crippen LogP contribution in [0.5, 0.6) is 5.75 Å². The Hall–Kier alpha value is -3.49. The third kappa shape index (κ3) is 3.55. The molecule has 7 nitrogen and oxygen atoms in total. The van der Waals surface area contributed by atoms with E-state index >= 15 is 4.39 Å². The molecule has 4 aromatic rings. The number of hydrogen-bond acceptors (Lipinski definition) is 7. The van der Waals surface area contributed by atoms with Crippen LogP contribution >= 0.6 is 0 Å². The number of phenolic OH excluding ortho intramolecular Hbond substituents is 1. The second kappa shape index (κ2) is 8.28. The number of nitrogens with one attached hydrogen (secondary N) is 1. The topological polar surface area (TPSA) is 84.8 Å². The lowest BCUT2D eigenvalue weighted by Crippen LogP contribution is -2.51. The monoisotopic (exact) mass is 485 g/mol. The van der Waals surface area contributed by atoms with Crippen LogP contribution in [0, 0.1) is 5.82 Å². The Kier molecular flexibility index (Phi) is 5.01. The fourth-order valence-corrected chi connectivity index (χ4v) is 6.14. The van der Waals surface area contributed by atoms with Crippen LogP contribution in [0.4, 0.5) is 16.2 Å². The van der Waals surface area contributed by atoms with Crippen LogP contribution in [0.15, 0.2) is 48.5 Å². The zero-order chi connectivity index (χ0) is 24.4. The molecule has 0 spiro atoms. The lowest BCUT2D eigenvalue weighted by molar-refractivity contribution is 0.198. The lowest BCUT2D eigenvalue weighted by Gasteiger charge is -2.34. The Bertz CT molecular complexity index is 1480. The Morgan fingerprint density at radius 2 is 1.67 bits per heavy atom. The van der Waals surface area contributed by atoms with Crippen molar-refractivity contribution in [2.24, 2.45) is 0 Å². The van der Waals surface area contributed by atoms with Gasteiger partial charge < -0.3 is 25.3 Å². The number of phenols is 1. The van der Waals surface area contributed by atoms with Crippen molar-refractivity contribution in [3.8, 4) is 16.9 Å². The number of halogens is 1. The molecule has 8 heteroatoms. The molecule has 184 valence electrons. The lowest BCUT2D eigenvalue weighted by atomic mass is 9.96. The average Bonchev–Trinajstić information content (AvgIpc) is 3.47. The molecule has 2 bridgehead atoms. The van der Waals surface area contributed by atoms with Crippen molar-refractivity contribution in [2.75, 3.05) is 36.0 Å². The molecule has 3 aliphatic rings. The number of benzene rings is 3. The molecule has 0 saturated carbocycles. The molecule has 3 fully saturated rings. The van der Waals surface area contributed by atoms with Gasteiger partial charge in [-0.2, -0.15) is 4.98 Å². The molecule has 0 amide bonds. The zero-order valence-electron chi connectivity index (χ0n) is 19.9. The highest BCUT2D eigenvalue weighted by molar-refractivity contribution is 6.01. The third-order valence-electron chi connectivity index (χ3n) is 7.87. The van der Waals surface area contributed by atoms with E-state index in [1.807, 2.05) is 35.2 Å². The first kappa shape index (κ1) is 21.8. The first-order valence-corrected chi connectivity index (χ1v) is 12.7. The van der Waals surface area contributed by atoms with Crippen LogP contribution in [0.25, 0.3) is 32.8 Å². The minimum Gasteiger partial charge on any atom is -0.508 e. The average molecular weight is 486 g/mol. The van der Waals surface area contributed by atoms with E-state index in [1.165, 1.54) is 0 Å². The molecular weight excluding hydrogens is 457 g/mol. The van der Waals surface area contributed by atoms with E-state index in [1.54, 1.807) is 18.2 Å². The molecular formula is C28H28FN5O2. The van der Waals surface area contributed by atoms with E-state index in [9.17, 15) is 10.2 Å². The number of anilines is 2. The van der Waals surface area contributed by atoms with Gasteiger partial charge in [-0.15, -0.1) is 0 Å². The molecule has 3 saturated heterocycles. The smallest absolute Gasteiger partial charge is 0.228 e. The Morgan fingerprint density at radius 3 is 2.44 bits per heavy atom. The molecule has 36 heavy (non-hydrogen) atoms. The highest BCUT2D eigenvalue weighted by Crippen LogP contribution is 2.39. The molecule has 1 aromatic heterocycles. The Morgan fingerprint density at radius 1 is 0.861 bits per heavy atom. The van der Waals surface area contributed by atoms with Gasteiger partial charge in [-0.3, -0.25) is 0 Å². The summed E-state index contributed by atoms with van der Waals surface area (Å²) in [6, 6.07) is 15.5. The number of aliphatic hydroxyl groups excluding tert-OH is 1. The van der Waals surface area contributed by atoms with E-state index in [-0.39, 0.29) is 11.3 Å². The fourth-order valence-electron chi connectivity index (χ4n) is 6.14. The molecule has 3 N–H and O–H groups in total. The summed E-state index contributed by atoms with van der Waals surface area (Å²) in [5.41, 5.74) is 1.29. The van der Waals surface area contributed by atoms with Crippen LogP contribution in [0.2, 0.25) is 0 Å². The van der Waals surface area contributed by atoms with E-state index in [0.717, 1.165) is 42.5 Å². The molecule has 3 unspecified atom stereocenters. The van der Waals surface area contributed by atoms with Gasteiger partial charge in [-0.1, -0.05) is 30.3 Å². The number of nitrogens with zero attached hydrogens (tertiary/aromatic N) is 4. The quantitative estimate of drug-likeness (QED) is 0.407. The second-order valence-corrected chi connectivity index (χ2v) is 10.3. The molecule has 0 aliphatic carbocycles. The van der Waals surface area contributed by atoms with Crippen LogP contribution in [-0.4, -0.2) is 64.5 Å². The SMILES string of the molecule is Oc1cc(-c2ccc3c(N4CC5CCC(C4)N5)nc(N4CCC(O)C4)nc3c2F)c2ccccc2c1. The van der Waals surface area contributed by atoms with Crippen LogP contribution in [0.3, 0.4) is 0 Å².